The van der Waals surface area contributed by atoms with Crippen molar-refractivity contribution in [2.45, 2.75) is 43.8 Å². The first-order valence-corrected chi connectivity index (χ1v) is 8.00. The molecule has 0 aromatic heterocycles. The molecule has 0 radical (unpaired) electrons. The molecule has 1 N–H and O–H groups in total. The van der Waals surface area contributed by atoms with Gasteiger partial charge in [0.1, 0.15) is 6.04 Å². The summed E-state index contributed by atoms with van der Waals surface area (Å²) < 4.78 is 0. The lowest BCUT2D eigenvalue weighted by molar-refractivity contribution is -0.131. The minimum atomic E-state index is -0.251. The van der Waals surface area contributed by atoms with E-state index in [-0.39, 0.29) is 18.0 Å². The van der Waals surface area contributed by atoms with Crippen LogP contribution in [-0.2, 0) is 4.79 Å². The molecule has 0 aromatic carbocycles. The highest BCUT2D eigenvalue weighted by Crippen LogP contribution is 2.47. The Morgan fingerprint density at radius 3 is 2.62 bits per heavy atom. The monoisotopic (exact) mass is 292 g/mol. The molecule has 1 spiro atoms. The van der Waals surface area contributed by atoms with Gasteiger partial charge >= 0.3 is 6.03 Å². The summed E-state index contributed by atoms with van der Waals surface area (Å²) in [7, 11) is 3.99. The van der Waals surface area contributed by atoms with Crippen molar-refractivity contribution in [3.8, 4) is 0 Å². The highest BCUT2D eigenvalue weighted by atomic mass is 16.2. The number of piperidine rings is 1. The van der Waals surface area contributed by atoms with E-state index in [2.05, 4.69) is 17.3 Å². The van der Waals surface area contributed by atoms with Crippen LogP contribution >= 0.6 is 0 Å². The zero-order valence-corrected chi connectivity index (χ0v) is 12.8. The predicted molar refractivity (Wildman–Crippen MR) is 77.8 cm³/mol. The number of likely N-dealkylation sites (tertiary alicyclic amines) is 1. The zero-order valence-electron chi connectivity index (χ0n) is 12.8. The van der Waals surface area contributed by atoms with E-state index in [1.165, 1.54) is 13.1 Å². The van der Waals surface area contributed by atoms with Gasteiger partial charge in [0.2, 0.25) is 5.91 Å². The fourth-order valence-corrected chi connectivity index (χ4v) is 4.85. The Kier molecular flexibility index (Phi) is 2.77. The zero-order chi connectivity index (χ0) is 14.8. The number of nitrogens with zero attached hydrogens (tertiary/aromatic N) is 3. The molecule has 3 aliphatic heterocycles. The quantitative estimate of drug-likeness (QED) is 0.785. The third kappa shape index (κ3) is 1.95. The maximum Gasteiger partial charge on any atom is 0.320 e. The number of hydrogen-bond acceptors (Lipinski definition) is 3. The number of carbonyl (C=O) groups excluding carboxylic acids is 2. The van der Waals surface area contributed by atoms with Crippen LogP contribution in [0, 0.1) is 5.41 Å². The summed E-state index contributed by atoms with van der Waals surface area (Å²) in [5.74, 6) is 0.0598. The molecule has 3 amide bonds. The first-order valence-electron chi connectivity index (χ1n) is 8.00. The second-order valence-corrected chi connectivity index (χ2v) is 7.58. The van der Waals surface area contributed by atoms with Gasteiger partial charge in [0.25, 0.3) is 0 Å². The number of rotatable bonds is 2. The lowest BCUT2D eigenvalue weighted by Gasteiger charge is -2.58. The van der Waals surface area contributed by atoms with E-state index < -0.39 is 0 Å². The van der Waals surface area contributed by atoms with Gasteiger partial charge in [-0.05, 0) is 38.1 Å². The standard InChI is InChI=1S/C15H24N4O2/c1-17-8-15(9-17)5-10(6-15)16-13(20)12-4-3-11-7-19(12)14(21)18(11)2/h10-12H,3-9H2,1-2H3,(H,16,20)/t11-,12+/m1/s1. The largest absolute Gasteiger partial charge is 0.352 e. The van der Waals surface area contributed by atoms with Gasteiger partial charge in [0.15, 0.2) is 0 Å². The minimum absolute atomic E-state index is 0.0170. The molecule has 3 heterocycles. The Hall–Kier alpha value is -1.30. The summed E-state index contributed by atoms with van der Waals surface area (Å²) in [6, 6.07) is 0.390. The Balaban J connectivity index is 1.33. The number of carbonyl (C=O) groups is 2. The van der Waals surface area contributed by atoms with E-state index in [0.29, 0.717) is 24.0 Å². The van der Waals surface area contributed by atoms with Gasteiger partial charge in [-0.2, -0.15) is 0 Å². The van der Waals surface area contributed by atoms with Crippen molar-refractivity contribution in [2.24, 2.45) is 5.41 Å². The second kappa shape index (κ2) is 4.35. The average molecular weight is 292 g/mol. The lowest BCUT2D eigenvalue weighted by atomic mass is 9.61. The number of likely N-dealkylation sites (N-methyl/N-ethyl adjacent to an activating group) is 1. The molecule has 21 heavy (non-hydrogen) atoms. The average Bonchev–Trinajstić information content (AvgIpc) is 2.60. The van der Waals surface area contributed by atoms with Crippen LogP contribution in [0.4, 0.5) is 4.79 Å². The summed E-state index contributed by atoms with van der Waals surface area (Å²) in [6.45, 7) is 3.05. The summed E-state index contributed by atoms with van der Waals surface area (Å²) in [6.07, 6.45) is 3.95. The van der Waals surface area contributed by atoms with Crippen LogP contribution in [0.5, 0.6) is 0 Å². The molecule has 6 nitrogen and oxygen atoms in total. The van der Waals surface area contributed by atoms with Crippen molar-refractivity contribution in [1.29, 1.82) is 0 Å². The Bertz CT molecular complexity index is 480. The lowest BCUT2D eigenvalue weighted by Crippen LogP contribution is -2.66. The fraction of sp³-hybridized carbons (Fsp3) is 0.867. The van der Waals surface area contributed by atoms with Crippen LogP contribution in [0.1, 0.15) is 25.7 Å². The first kappa shape index (κ1) is 13.4. The number of amides is 3. The summed E-state index contributed by atoms with van der Waals surface area (Å²) in [5, 5.41) is 3.17. The summed E-state index contributed by atoms with van der Waals surface area (Å²) in [4.78, 5) is 30.5. The molecular weight excluding hydrogens is 268 g/mol. The molecule has 1 saturated carbocycles. The van der Waals surface area contributed by atoms with Gasteiger partial charge in [-0.25, -0.2) is 4.79 Å². The van der Waals surface area contributed by atoms with Crippen molar-refractivity contribution in [1.82, 2.24) is 20.0 Å². The third-order valence-electron chi connectivity index (χ3n) is 5.87. The highest BCUT2D eigenvalue weighted by molar-refractivity contribution is 5.89. The minimum Gasteiger partial charge on any atom is -0.352 e. The summed E-state index contributed by atoms with van der Waals surface area (Å²) in [5.41, 5.74) is 0.480. The van der Waals surface area contributed by atoms with Gasteiger partial charge < -0.3 is 20.0 Å². The topological polar surface area (TPSA) is 55.9 Å². The van der Waals surface area contributed by atoms with Crippen LogP contribution in [0.2, 0.25) is 0 Å². The number of urea groups is 1. The Morgan fingerprint density at radius 1 is 1.24 bits per heavy atom. The fourth-order valence-electron chi connectivity index (χ4n) is 4.85. The molecule has 4 fully saturated rings. The molecule has 0 unspecified atom stereocenters. The van der Waals surface area contributed by atoms with E-state index in [4.69, 9.17) is 0 Å². The van der Waals surface area contributed by atoms with Crippen molar-refractivity contribution in [3.05, 3.63) is 0 Å². The normalized spacial score (nSPS) is 34.9. The van der Waals surface area contributed by atoms with Crippen LogP contribution < -0.4 is 5.32 Å². The molecular formula is C15H24N4O2. The van der Waals surface area contributed by atoms with Gasteiger partial charge in [-0.1, -0.05) is 0 Å². The van der Waals surface area contributed by atoms with Gasteiger partial charge in [-0.15, -0.1) is 0 Å². The van der Waals surface area contributed by atoms with E-state index in [9.17, 15) is 9.59 Å². The van der Waals surface area contributed by atoms with E-state index in [0.717, 1.165) is 25.7 Å². The molecule has 4 aliphatic rings. The second-order valence-electron chi connectivity index (χ2n) is 7.58. The van der Waals surface area contributed by atoms with E-state index in [1.807, 2.05) is 7.05 Å². The molecule has 1 aliphatic carbocycles. The van der Waals surface area contributed by atoms with Crippen LogP contribution in [0.15, 0.2) is 0 Å². The first-order chi connectivity index (χ1) is 9.97. The van der Waals surface area contributed by atoms with E-state index >= 15 is 0 Å². The number of fused-ring (bicyclic) bond motifs is 2. The molecule has 2 bridgehead atoms. The maximum absolute atomic E-state index is 12.5. The maximum atomic E-state index is 12.5. The van der Waals surface area contributed by atoms with Crippen molar-refractivity contribution < 1.29 is 9.59 Å². The molecule has 3 saturated heterocycles. The van der Waals surface area contributed by atoms with E-state index in [1.54, 1.807) is 9.80 Å². The Morgan fingerprint density at radius 2 is 1.95 bits per heavy atom. The molecule has 6 heteroatoms. The summed E-state index contributed by atoms with van der Waals surface area (Å²) >= 11 is 0. The Labute approximate surface area is 125 Å². The van der Waals surface area contributed by atoms with Crippen molar-refractivity contribution in [3.63, 3.8) is 0 Å². The van der Waals surface area contributed by atoms with Gasteiger partial charge in [-0.3, -0.25) is 4.79 Å². The van der Waals surface area contributed by atoms with Gasteiger partial charge in [0, 0.05) is 32.7 Å². The van der Waals surface area contributed by atoms with Gasteiger partial charge in [0.05, 0.1) is 6.04 Å². The smallest absolute Gasteiger partial charge is 0.320 e. The predicted octanol–water partition coefficient (Wildman–Crippen LogP) is 0.0952. The van der Waals surface area contributed by atoms with Crippen LogP contribution in [0.3, 0.4) is 0 Å². The number of nitrogens with one attached hydrogen (secondary N) is 1. The van der Waals surface area contributed by atoms with Crippen LogP contribution in [-0.4, -0.2) is 78.5 Å². The molecule has 2 atom stereocenters. The third-order valence-corrected chi connectivity index (χ3v) is 5.87. The highest BCUT2D eigenvalue weighted by Gasteiger charge is 2.52. The number of hydrogen-bond donors (Lipinski definition) is 1. The SMILES string of the molecule is CN1CC2(CC(NC(=O)[C@@H]3CC[C@@H]4CN3C(=O)N4C)C2)C1. The molecule has 4 rings (SSSR count). The van der Waals surface area contributed by atoms with Crippen molar-refractivity contribution in [2.75, 3.05) is 33.7 Å². The van der Waals surface area contributed by atoms with Crippen molar-refractivity contribution >= 4 is 11.9 Å². The molecule has 0 aromatic rings. The molecule has 116 valence electrons. The van der Waals surface area contributed by atoms with Crippen LogP contribution in [0.25, 0.3) is 0 Å².